The van der Waals surface area contributed by atoms with Gasteiger partial charge in [-0.15, -0.1) is 11.8 Å². The van der Waals surface area contributed by atoms with Crippen LogP contribution in [0.3, 0.4) is 0 Å². The minimum absolute atomic E-state index is 0.159. The summed E-state index contributed by atoms with van der Waals surface area (Å²) in [6.45, 7) is 1.55. The molecule has 0 saturated carbocycles. The van der Waals surface area contributed by atoms with Gasteiger partial charge in [0.1, 0.15) is 0 Å². The monoisotopic (exact) mass is 416 g/mol. The van der Waals surface area contributed by atoms with Crippen molar-refractivity contribution in [3.05, 3.63) is 54.1 Å². The first-order valence-corrected chi connectivity index (χ1v) is 10.6. The zero-order chi connectivity index (χ0) is 21.1. The smallest absolute Gasteiger partial charge is 0.191 e. The van der Waals surface area contributed by atoms with Gasteiger partial charge in [0.25, 0.3) is 0 Å². The van der Waals surface area contributed by atoms with Crippen LogP contribution in [-0.4, -0.2) is 65.1 Å². The molecular weight excluding hydrogens is 384 g/mol. The number of methoxy groups -OCH3 is 2. The molecule has 1 unspecified atom stereocenters. The number of benzene rings is 2. The van der Waals surface area contributed by atoms with E-state index in [1.54, 1.807) is 21.3 Å². The summed E-state index contributed by atoms with van der Waals surface area (Å²) in [5.74, 6) is 3.23. The van der Waals surface area contributed by atoms with Crippen molar-refractivity contribution in [1.29, 1.82) is 0 Å². The fourth-order valence-corrected chi connectivity index (χ4v) is 3.72. The first kappa shape index (κ1) is 22.9. The molecule has 158 valence electrons. The Bertz CT molecular complexity index is 769. The van der Waals surface area contributed by atoms with Crippen LogP contribution in [0.4, 0.5) is 0 Å². The maximum absolute atomic E-state index is 5.45. The van der Waals surface area contributed by atoms with Crippen LogP contribution in [0.15, 0.2) is 58.4 Å². The van der Waals surface area contributed by atoms with Gasteiger partial charge in [0, 0.05) is 30.8 Å². The van der Waals surface area contributed by atoms with E-state index in [1.807, 2.05) is 30.0 Å². The molecule has 0 fully saturated rings. The highest BCUT2D eigenvalue weighted by atomic mass is 32.2. The predicted octanol–water partition coefficient (Wildman–Crippen LogP) is 3.26. The van der Waals surface area contributed by atoms with Gasteiger partial charge in [0.05, 0.1) is 20.3 Å². The van der Waals surface area contributed by atoms with Gasteiger partial charge in [0.15, 0.2) is 17.5 Å². The van der Waals surface area contributed by atoms with E-state index < -0.39 is 0 Å². The Balaban J connectivity index is 1.89. The van der Waals surface area contributed by atoms with Gasteiger partial charge >= 0.3 is 0 Å². The van der Waals surface area contributed by atoms with Crippen molar-refractivity contribution in [3.63, 3.8) is 0 Å². The Hall–Kier alpha value is -2.38. The standard InChI is InChI=1S/C22H32N4O2S/c1-23-22(24-13-14-29-18-9-7-6-8-10-18)25-16-19(26(2)3)17-11-12-20(27-4)21(15-17)28-5/h6-12,15,19H,13-14,16H2,1-5H3,(H2,23,24,25). The summed E-state index contributed by atoms with van der Waals surface area (Å²) in [7, 11) is 9.23. The molecule has 29 heavy (non-hydrogen) atoms. The number of guanidine groups is 1. The Morgan fingerprint density at radius 2 is 1.76 bits per heavy atom. The van der Waals surface area contributed by atoms with E-state index in [0.29, 0.717) is 6.54 Å². The summed E-state index contributed by atoms with van der Waals surface area (Å²) >= 11 is 1.83. The van der Waals surface area contributed by atoms with E-state index in [4.69, 9.17) is 9.47 Å². The molecule has 2 N–H and O–H groups in total. The summed E-state index contributed by atoms with van der Waals surface area (Å²) in [6.07, 6.45) is 0. The molecule has 2 aromatic rings. The topological polar surface area (TPSA) is 58.1 Å². The van der Waals surface area contributed by atoms with E-state index >= 15 is 0 Å². The molecule has 0 radical (unpaired) electrons. The average molecular weight is 417 g/mol. The largest absolute Gasteiger partial charge is 0.493 e. The van der Waals surface area contributed by atoms with Crippen molar-refractivity contribution in [2.45, 2.75) is 10.9 Å². The highest BCUT2D eigenvalue weighted by Gasteiger charge is 2.17. The van der Waals surface area contributed by atoms with Gasteiger partial charge in [-0.3, -0.25) is 4.99 Å². The second kappa shape index (κ2) is 12.2. The van der Waals surface area contributed by atoms with Crippen LogP contribution in [0.1, 0.15) is 11.6 Å². The van der Waals surface area contributed by atoms with Crippen LogP contribution in [0.5, 0.6) is 11.5 Å². The van der Waals surface area contributed by atoms with Gasteiger partial charge in [-0.05, 0) is 43.9 Å². The summed E-state index contributed by atoms with van der Waals surface area (Å²) in [5.41, 5.74) is 1.15. The fraction of sp³-hybridized carbons (Fsp3) is 0.409. The lowest BCUT2D eigenvalue weighted by Crippen LogP contribution is -2.42. The van der Waals surface area contributed by atoms with Crippen molar-refractivity contribution in [1.82, 2.24) is 15.5 Å². The number of nitrogens with one attached hydrogen (secondary N) is 2. The minimum Gasteiger partial charge on any atom is -0.493 e. The van der Waals surface area contributed by atoms with Crippen LogP contribution in [0.25, 0.3) is 0 Å². The van der Waals surface area contributed by atoms with Crippen LogP contribution in [0, 0.1) is 0 Å². The zero-order valence-corrected chi connectivity index (χ0v) is 18.8. The maximum atomic E-state index is 5.45. The van der Waals surface area contributed by atoms with Gasteiger partial charge in [0.2, 0.25) is 0 Å². The Kier molecular flexibility index (Phi) is 9.67. The van der Waals surface area contributed by atoms with Gasteiger partial charge in [-0.25, -0.2) is 0 Å². The Morgan fingerprint density at radius 1 is 1.03 bits per heavy atom. The lowest BCUT2D eigenvalue weighted by molar-refractivity contribution is 0.296. The summed E-state index contributed by atoms with van der Waals surface area (Å²) in [6, 6.07) is 16.6. The quantitative estimate of drug-likeness (QED) is 0.268. The van der Waals surface area contributed by atoms with E-state index in [9.17, 15) is 0 Å². The molecule has 0 aliphatic carbocycles. The predicted molar refractivity (Wildman–Crippen MR) is 123 cm³/mol. The summed E-state index contributed by atoms with van der Waals surface area (Å²) < 4.78 is 10.8. The van der Waals surface area contributed by atoms with E-state index in [0.717, 1.165) is 35.3 Å². The number of nitrogens with zero attached hydrogens (tertiary/aromatic N) is 2. The average Bonchev–Trinajstić information content (AvgIpc) is 2.75. The summed E-state index contributed by atoms with van der Waals surface area (Å²) in [5, 5.41) is 6.81. The molecule has 0 saturated heterocycles. The SMILES string of the molecule is CN=C(NCCSc1ccccc1)NCC(c1ccc(OC)c(OC)c1)N(C)C. The van der Waals surface area contributed by atoms with Crippen LogP contribution in [0.2, 0.25) is 0 Å². The first-order valence-electron chi connectivity index (χ1n) is 9.59. The molecule has 1 atom stereocenters. The highest BCUT2D eigenvalue weighted by molar-refractivity contribution is 7.99. The van der Waals surface area contributed by atoms with Gasteiger partial charge < -0.3 is 25.0 Å². The second-order valence-corrected chi connectivity index (χ2v) is 7.80. The molecule has 0 spiro atoms. The number of ether oxygens (including phenoxy) is 2. The lowest BCUT2D eigenvalue weighted by atomic mass is 10.1. The number of likely N-dealkylation sites (N-methyl/N-ethyl adjacent to an activating group) is 1. The summed E-state index contributed by atoms with van der Waals surface area (Å²) in [4.78, 5) is 7.79. The van der Waals surface area contributed by atoms with Gasteiger partial charge in [-0.2, -0.15) is 0 Å². The highest BCUT2D eigenvalue weighted by Crippen LogP contribution is 2.31. The number of rotatable bonds is 10. The molecule has 2 rings (SSSR count). The fourth-order valence-electron chi connectivity index (χ4n) is 2.93. The van der Waals surface area contributed by atoms with Crippen LogP contribution < -0.4 is 20.1 Å². The van der Waals surface area contributed by atoms with Crippen molar-refractivity contribution < 1.29 is 9.47 Å². The van der Waals surface area contributed by atoms with E-state index in [-0.39, 0.29) is 6.04 Å². The zero-order valence-electron chi connectivity index (χ0n) is 17.9. The molecule has 0 aliphatic heterocycles. The minimum atomic E-state index is 0.159. The first-order chi connectivity index (χ1) is 14.1. The molecule has 6 nitrogen and oxygen atoms in total. The van der Waals surface area contributed by atoms with Crippen molar-refractivity contribution in [3.8, 4) is 11.5 Å². The molecule has 2 aromatic carbocycles. The van der Waals surface area contributed by atoms with Crippen LogP contribution in [-0.2, 0) is 0 Å². The van der Waals surface area contributed by atoms with E-state index in [2.05, 4.69) is 65.0 Å². The molecule has 0 bridgehead atoms. The van der Waals surface area contributed by atoms with Crippen molar-refractivity contribution >= 4 is 17.7 Å². The molecule has 0 aromatic heterocycles. The molecule has 0 heterocycles. The third-order valence-electron chi connectivity index (χ3n) is 4.51. The molecule has 7 heteroatoms. The lowest BCUT2D eigenvalue weighted by Gasteiger charge is -2.26. The van der Waals surface area contributed by atoms with Crippen molar-refractivity contribution in [2.24, 2.45) is 4.99 Å². The maximum Gasteiger partial charge on any atom is 0.191 e. The third-order valence-corrected chi connectivity index (χ3v) is 5.52. The molecule has 0 aliphatic rings. The molecular formula is C22H32N4O2S. The number of aliphatic imine (C=N–C) groups is 1. The second-order valence-electron chi connectivity index (χ2n) is 6.64. The Labute approximate surface area is 178 Å². The number of hydrogen-bond donors (Lipinski definition) is 2. The number of thioether (sulfide) groups is 1. The third kappa shape index (κ3) is 7.18. The van der Waals surface area contributed by atoms with Gasteiger partial charge in [-0.1, -0.05) is 24.3 Å². The van der Waals surface area contributed by atoms with Crippen molar-refractivity contribution in [2.75, 3.05) is 54.2 Å². The molecule has 0 amide bonds. The van der Waals surface area contributed by atoms with Crippen LogP contribution >= 0.6 is 11.8 Å². The van der Waals surface area contributed by atoms with E-state index in [1.165, 1.54) is 4.90 Å². The Morgan fingerprint density at radius 3 is 2.38 bits per heavy atom. The number of hydrogen-bond acceptors (Lipinski definition) is 5. The normalized spacial score (nSPS) is 12.6.